The van der Waals surface area contributed by atoms with E-state index in [9.17, 15) is 0 Å². The smallest absolute Gasteiger partial charge is 0.0148 e. The first-order valence-electron chi connectivity index (χ1n) is 4.50. The highest BCUT2D eigenvalue weighted by atomic mass is 30.4. The number of hydrogen-bond acceptors (Lipinski definition) is 0. The largest absolute Gasteiger partial charge is 0.0761 e. The van der Waals surface area contributed by atoms with E-state index in [0.717, 1.165) is 0 Å². The minimum atomic E-state index is -0.566. The molecule has 0 aromatic rings. The molecule has 1 fully saturated rings. The lowest BCUT2D eigenvalue weighted by molar-refractivity contribution is 2.32. The minimum absolute atomic E-state index is 0.244. The van der Waals surface area contributed by atoms with Gasteiger partial charge in [0.2, 0.25) is 0 Å². The maximum atomic E-state index is 2.56. The number of hydrogen-bond donors (Lipinski definition) is 0. The van der Waals surface area contributed by atoms with Crippen LogP contribution in [-0.4, -0.2) is 82.7 Å². The van der Waals surface area contributed by atoms with Crippen molar-refractivity contribution in [1.82, 2.24) is 0 Å². The van der Waals surface area contributed by atoms with Gasteiger partial charge >= 0.3 is 0 Å². The average Bonchev–Trinajstić information content (AvgIpc) is 2.28. The highest BCUT2D eigenvalue weighted by Gasteiger charge is 2.43. The molecule has 1 aliphatic heterocycles. The quantitative estimate of drug-likeness (QED) is 0.548. The molecule has 14 heavy (non-hydrogen) atoms. The topological polar surface area (TPSA) is 0 Å². The third kappa shape index (κ3) is 3.10. The Labute approximate surface area is 108 Å². The summed E-state index contributed by atoms with van der Waals surface area (Å²) in [5.41, 5.74) is 0. The second-order valence-corrected chi connectivity index (χ2v) is 59.6. The predicted molar refractivity (Wildman–Crippen MR) is 81.0 cm³/mol. The Morgan fingerprint density at radius 2 is 1.64 bits per heavy atom. The fraction of sp³-hybridized carbons (Fsp3) is 1.00. The molecule has 0 aromatic heterocycles. The summed E-state index contributed by atoms with van der Waals surface area (Å²) in [7, 11) is 10.7. The Bertz CT molecular complexity index is 168. The average molecular weight is 341 g/mol. The van der Waals surface area contributed by atoms with Crippen LogP contribution in [0.5, 0.6) is 0 Å². The highest BCUT2D eigenvalue weighted by molar-refractivity contribution is 8.14. The Balaban J connectivity index is 2.68. The minimum Gasteiger partial charge on any atom is -0.0761 e. The molecule has 0 atom stereocenters. The molecule has 1 saturated heterocycles. The van der Waals surface area contributed by atoms with Gasteiger partial charge in [-0.05, 0) is 0 Å². The van der Waals surface area contributed by atoms with E-state index in [0.29, 0.717) is 0 Å². The molecule has 68 valence electrons. The van der Waals surface area contributed by atoms with E-state index in [4.69, 9.17) is 0 Å². The maximum absolute atomic E-state index is 2.56. The Hall–Kier alpha value is 2.17. The van der Waals surface area contributed by atoms with Crippen LogP contribution in [0.15, 0.2) is 0 Å². The van der Waals surface area contributed by atoms with Gasteiger partial charge in [0.15, 0.2) is 0 Å². The molecule has 1 rings (SSSR count). The van der Waals surface area contributed by atoms with Crippen LogP contribution in [0.3, 0.4) is 0 Å². The van der Waals surface area contributed by atoms with Gasteiger partial charge in [0.05, 0.1) is 0 Å². The van der Waals surface area contributed by atoms with E-state index >= 15 is 0 Å². The summed E-state index contributed by atoms with van der Waals surface area (Å²) >= 11 is 0. The summed E-state index contributed by atoms with van der Waals surface area (Å²) in [5, 5.41) is 0. The summed E-state index contributed by atoms with van der Waals surface area (Å²) < 4.78 is 0. The van der Waals surface area contributed by atoms with E-state index < -0.39 is 6.14 Å². The lowest BCUT2D eigenvalue weighted by Crippen LogP contribution is -2.78. The molecular formula is C4H12Si10. The van der Waals surface area contributed by atoms with E-state index in [2.05, 4.69) is 26.2 Å². The van der Waals surface area contributed by atoms with Gasteiger partial charge in [0, 0.05) is 82.7 Å². The molecule has 16 radical (unpaired) electrons. The van der Waals surface area contributed by atoms with Crippen molar-refractivity contribution in [2.24, 2.45) is 0 Å². The summed E-state index contributed by atoms with van der Waals surface area (Å²) in [6, 6.07) is 0. The zero-order chi connectivity index (χ0) is 10.6. The van der Waals surface area contributed by atoms with Crippen molar-refractivity contribution < 1.29 is 0 Å². The molecule has 0 aromatic carbocycles. The molecule has 0 amide bonds. The van der Waals surface area contributed by atoms with Gasteiger partial charge in [-0.1, -0.05) is 26.2 Å². The fourth-order valence-electron chi connectivity index (χ4n) is 1.34. The zero-order valence-corrected chi connectivity index (χ0v) is 19.0. The standard InChI is InChI=1S/C4H12Si10/c1-5-12-9-10-14(7-3,8-4)13(6-2)11-12/h1-4H3. The number of rotatable bonds is 4. The molecular weight excluding hydrogens is 329 g/mol. The fourth-order valence-corrected chi connectivity index (χ4v) is 178. The Morgan fingerprint density at radius 3 is 2.07 bits per heavy atom. The van der Waals surface area contributed by atoms with Crippen molar-refractivity contribution in [3.63, 3.8) is 0 Å². The molecule has 1 heterocycles. The third-order valence-corrected chi connectivity index (χ3v) is 115. The normalized spacial score (nSPS) is 24.0. The van der Waals surface area contributed by atoms with Gasteiger partial charge in [-0.2, -0.15) is 0 Å². The predicted octanol–water partition coefficient (Wildman–Crippen LogP) is -1.47. The molecule has 0 spiro atoms. The van der Waals surface area contributed by atoms with Crippen molar-refractivity contribution >= 4 is 82.7 Å². The summed E-state index contributed by atoms with van der Waals surface area (Å²) in [6.07, 6.45) is -0.566. The molecule has 0 aliphatic carbocycles. The van der Waals surface area contributed by atoms with E-state index in [-0.39, 0.29) is 14.7 Å². The Kier molecular flexibility index (Phi) is 6.91. The van der Waals surface area contributed by atoms with E-state index in [1.165, 1.54) is 44.7 Å². The lowest BCUT2D eigenvalue weighted by atomic mass is 11.9. The van der Waals surface area contributed by atoms with Crippen LogP contribution < -0.4 is 0 Å². The molecule has 1 aliphatic rings. The van der Waals surface area contributed by atoms with Gasteiger partial charge in [0.1, 0.15) is 0 Å². The summed E-state index contributed by atoms with van der Waals surface area (Å²) in [4.78, 5) is 0. The SMILES string of the molecule is C[Si][Si]1[Si][Si][Si]([Si]C)([Si]C)[Si]([Si]C)[Si]1. The van der Waals surface area contributed by atoms with Crippen LogP contribution in [0.2, 0.25) is 26.2 Å². The van der Waals surface area contributed by atoms with Crippen LogP contribution in [0.4, 0.5) is 0 Å². The van der Waals surface area contributed by atoms with Crippen molar-refractivity contribution in [1.29, 1.82) is 0 Å². The van der Waals surface area contributed by atoms with Gasteiger partial charge in [-0.3, -0.25) is 0 Å². The summed E-state index contributed by atoms with van der Waals surface area (Å²) in [6.45, 7) is 10.2. The van der Waals surface area contributed by atoms with Crippen LogP contribution in [-0.2, 0) is 0 Å². The van der Waals surface area contributed by atoms with Crippen molar-refractivity contribution in [2.45, 2.75) is 26.2 Å². The van der Waals surface area contributed by atoms with E-state index in [1.54, 1.807) is 17.1 Å². The van der Waals surface area contributed by atoms with Crippen molar-refractivity contribution in [3.8, 4) is 0 Å². The molecule has 10 heteroatoms. The summed E-state index contributed by atoms with van der Waals surface area (Å²) in [5.74, 6) is 0. The second kappa shape index (κ2) is 6.80. The monoisotopic (exact) mass is 340 g/mol. The van der Waals surface area contributed by atoms with Crippen LogP contribution in [0.25, 0.3) is 0 Å². The molecule has 0 bridgehead atoms. The molecule has 0 unspecified atom stereocenters. The van der Waals surface area contributed by atoms with Gasteiger partial charge in [-0.15, -0.1) is 0 Å². The first-order valence-corrected chi connectivity index (χ1v) is 28.5. The van der Waals surface area contributed by atoms with Crippen molar-refractivity contribution in [3.05, 3.63) is 0 Å². The molecule has 0 saturated carbocycles. The third-order valence-electron chi connectivity index (χ3n) is 2.25. The van der Waals surface area contributed by atoms with Gasteiger partial charge in [-0.25, -0.2) is 0 Å². The first kappa shape index (κ1) is 14.2. The second-order valence-electron chi connectivity index (χ2n) is 2.88. The highest BCUT2D eigenvalue weighted by Crippen LogP contribution is 2.07. The van der Waals surface area contributed by atoms with E-state index in [1.807, 2.05) is 0 Å². The molecule has 0 N–H and O–H groups in total. The lowest BCUT2D eigenvalue weighted by Gasteiger charge is -2.41. The van der Waals surface area contributed by atoms with Gasteiger partial charge < -0.3 is 0 Å². The van der Waals surface area contributed by atoms with Gasteiger partial charge in [0.25, 0.3) is 0 Å². The van der Waals surface area contributed by atoms with Crippen LogP contribution >= 0.6 is 0 Å². The Morgan fingerprint density at radius 1 is 1.00 bits per heavy atom. The molecule has 0 nitrogen and oxygen atoms in total. The maximum Gasteiger partial charge on any atom is 0.0148 e. The van der Waals surface area contributed by atoms with Crippen LogP contribution in [0, 0.1) is 0 Å². The van der Waals surface area contributed by atoms with Crippen molar-refractivity contribution in [2.75, 3.05) is 0 Å². The first-order chi connectivity index (χ1) is 6.72. The van der Waals surface area contributed by atoms with Crippen LogP contribution in [0.1, 0.15) is 0 Å². The zero-order valence-electron chi connectivity index (χ0n) is 9.00.